The predicted octanol–water partition coefficient (Wildman–Crippen LogP) is 5.81. The highest BCUT2D eigenvalue weighted by molar-refractivity contribution is 7.47. The third-order valence-electron chi connectivity index (χ3n) is 5.15. The number of aliphatic hydroxyl groups is 1. The highest BCUT2D eigenvalue weighted by atomic mass is 31.2. The Morgan fingerprint density at radius 3 is 1.91 bits per heavy atom. The number of phosphoric ester groups is 1. The summed E-state index contributed by atoms with van der Waals surface area (Å²) in [7, 11) is 1.72. The van der Waals surface area contributed by atoms with Crippen molar-refractivity contribution in [1.29, 1.82) is 0 Å². The van der Waals surface area contributed by atoms with Crippen LogP contribution in [0, 0.1) is 0 Å². The van der Waals surface area contributed by atoms with E-state index >= 15 is 0 Å². The van der Waals surface area contributed by atoms with Crippen molar-refractivity contribution >= 4 is 7.82 Å². The summed E-state index contributed by atoms with van der Waals surface area (Å²) < 4.78 is 27.4. The molecule has 0 amide bonds. The van der Waals surface area contributed by atoms with Crippen LogP contribution in [0.25, 0.3) is 0 Å². The smallest absolute Gasteiger partial charge is 0.472 e. The Morgan fingerprint density at radius 1 is 0.844 bits per heavy atom. The van der Waals surface area contributed by atoms with Gasteiger partial charge in [0, 0.05) is 0 Å². The molecule has 0 aromatic carbocycles. The minimum atomic E-state index is -4.15. The molecule has 0 aromatic heterocycles. The maximum absolute atomic E-state index is 11.8. The Balaban J connectivity index is 3.50. The molecule has 0 aliphatic heterocycles. The quantitative estimate of drug-likeness (QED) is 0.0831. The van der Waals surface area contributed by atoms with Crippen molar-refractivity contribution in [2.75, 3.05) is 47.5 Å². The van der Waals surface area contributed by atoms with Gasteiger partial charge in [0.25, 0.3) is 0 Å². The van der Waals surface area contributed by atoms with Crippen molar-refractivity contribution in [2.45, 2.75) is 96.5 Å². The molecule has 32 heavy (non-hydrogen) atoms. The fourth-order valence-corrected chi connectivity index (χ4v) is 3.85. The number of aliphatic hydroxyl groups excluding tert-OH is 1. The van der Waals surface area contributed by atoms with Crippen LogP contribution in [0.5, 0.6) is 0 Å². The average molecular weight is 481 g/mol. The summed E-state index contributed by atoms with van der Waals surface area (Å²) in [6.07, 6.45) is 19.5. The van der Waals surface area contributed by atoms with Gasteiger partial charge in [0.2, 0.25) is 0 Å². The van der Waals surface area contributed by atoms with Gasteiger partial charge in [-0.3, -0.25) is 9.05 Å². The second-order valence-electron chi connectivity index (χ2n) is 9.65. The van der Waals surface area contributed by atoms with E-state index in [0.717, 1.165) is 12.8 Å². The van der Waals surface area contributed by atoms with Gasteiger partial charge in [-0.05, 0) is 18.9 Å². The number of hydrogen-bond donors (Lipinski definition) is 2. The molecular weight excluding hydrogens is 429 g/mol. The van der Waals surface area contributed by atoms with Crippen LogP contribution in [-0.4, -0.2) is 68.1 Å². The van der Waals surface area contributed by atoms with E-state index in [-0.39, 0.29) is 19.8 Å². The molecule has 0 bridgehead atoms. The lowest BCUT2D eigenvalue weighted by atomic mass is 10.0. The molecule has 0 rings (SSSR count). The van der Waals surface area contributed by atoms with Crippen LogP contribution in [0.4, 0.5) is 0 Å². The third kappa shape index (κ3) is 24.2. The Hall–Kier alpha value is -0.430. The first kappa shape index (κ1) is 31.6. The topological polar surface area (TPSA) is 85.2 Å². The van der Waals surface area contributed by atoms with Gasteiger partial charge in [0.15, 0.2) is 0 Å². The molecule has 192 valence electrons. The molecule has 0 aromatic rings. The van der Waals surface area contributed by atoms with E-state index in [9.17, 15) is 14.6 Å². The first-order chi connectivity index (χ1) is 15.2. The zero-order valence-electron chi connectivity index (χ0n) is 21.2. The van der Waals surface area contributed by atoms with E-state index in [2.05, 4.69) is 6.92 Å². The predicted molar refractivity (Wildman–Crippen MR) is 131 cm³/mol. The normalized spacial score (nSPS) is 15.2. The molecule has 7 nitrogen and oxygen atoms in total. The van der Waals surface area contributed by atoms with Crippen molar-refractivity contribution in [3.05, 3.63) is 12.3 Å². The Kier molecular flexibility index (Phi) is 19.7. The zero-order chi connectivity index (χ0) is 24.1. The minimum Gasteiger partial charge on any atom is -0.499 e. The van der Waals surface area contributed by atoms with Crippen LogP contribution in [-0.2, 0) is 18.3 Å². The molecule has 0 fully saturated rings. The van der Waals surface area contributed by atoms with E-state index in [4.69, 9.17) is 13.8 Å². The summed E-state index contributed by atoms with van der Waals surface area (Å²) in [5.74, 6) is 0. The molecule has 0 spiro atoms. The van der Waals surface area contributed by atoms with Crippen LogP contribution in [0.15, 0.2) is 12.3 Å². The van der Waals surface area contributed by atoms with Crippen LogP contribution in [0.2, 0.25) is 0 Å². The highest BCUT2D eigenvalue weighted by Crippen LogP contribution is 2.43. The first-order valence-electron chi connectivity index (χ1n) is 12.5. The molecule has 0 saturated heterocycles. The first-order valence-corrected chi connectivity index (χ1v) is 14.0. The Labute approximate surface area is 197 Å². The van der Waals surface area contributed by atoms with Crippen molar-refractivity contribution in [3.63, 3.8) is 0 Å². The lowest BCUT2D eigenvalue weighted by Gasteiger charge is -2.24. The number of hydrogen-bond acceptors (Lipinski definition) is 5. The van der Waals surface area contributed by atoms with Crippen LogP contribution < -0.4 is 0 Å². The standard InChI is InChI=1S/C24H50NO6P/c1-5-6-7-8-9-10-11-12-13-14-15-16-17-18-20-29-22-24(26)23-31-32(27,28)30-21-19-25(2,3)4/h18,20,24,26H,5-17,19,21-23H2,1-4H3/p+1/b20-18-. The van der Waals surface area contributed by atoms with E-state index in [1.807, 2.05) is 27.2 Å². The van der Waals surface area contributed by atoms with Gasteiger partial charge in [-0.2, -0.15) is 0 Å². The van der Waals surface area contributed by atoms with E-state index in [0.29, 0.717) is 11.0 Å². The summed E-state index contributed by atoms with van der Waals surface area (Å²) in [6.45, 7) is 2.63. The summed E-state index contributed by atoms with van der Waals surface area (Å²) in [5, 5.41) is 9.81. The van der Waals surface area contributed by atoms with E-state index in [1.54, 1.807) is 6.26 Å². The summed E-state index contributed by atoms with van der Waals surface area (Å²) in [4.78, 5) is 9.61. The minimum absolute atomic E-state index is 0.00776. The maximum atomic E-state index is 11.8. The second-order valence-corrected chi connectivity index (χ2v) is 11.1. The maximum Gasteiger partial charge on any atom is 0.472 e. The number of nitrogens with zero attached hydrogens (tertiary/aromatic N) is 1. The molecule has 0 radical (unpaired) electrons. The third-order valence-corrected chi connectivity index (χ3v) is 6.14. The molecule has 0 aliphatic carbocycles. The molecule has 2 unspecified atom stereocenters. The largest absolute Gasteiger partial charge is 0.499 e. The molecule has 0 saturated carbocycles. The zero-order valence-corrected chi connectivity index (χ0v) is 22.1. The molecule has 0 aliphatic rings. The monoisotopic (exact) mass is 480 g/mol. The van der Waals surface area contributed by atoms with E-state index in [1.165, 1.54) is 70.6 Å². The van der Waals surface area contributed by atoms with Gasteiger partial charge in [-0.1, -0.05) is 77.6 Å². The molecular formula is C24H51NO6P+. The van der Waals surface area contributed by atoms with Gasteiger partial charge in [-0.15, -0.1) is 0 Å². The highest BCUT2D eigenvalue weighted by Gasteiger charge is 2.24. The van der Waals surface area contributed by atoms with E-state index < -0.39 is 13.9 Å². The summed E-state index contributed by atoms with van der Waals surface area (Å²) in [6, 6.07) is 0. The molecule has 2 atom stereocenters. The average Bonchev–Trinajstić information content (AvgIpc) is 2.71. The van der Waals surface area contributed by atoms with Gasteiger partial charge in [-0.25, -0.2) is 4.57 Å². The number of ether oxygens (including phenoxy) is 1. The number of quaternary nitrogens is 1. The molecule has 8 heteroatoms. The fraction of sp³-hybridized carbons (Fsp3) is 0.917. The van der Waals surface area contributed by atoms with Crippen LogP contribution >= 0.6 is 7.82 Å². The Bertz CT molecular complexity index is 495. The van der Waals surface area contributed by atoms with Crippen molar-refractivity contribution in [2.24, 2.45) is 0 Å². The van der Waals surface area contributed by atoms with Gasteiger partial charge in [0.05, 0.1) is 34.0 Å². The fourth-order valence-electron chi connectivity index (χ4n) is 3.10. The van der Waals surface area contributed by atoms with Crippen LogP contribution in [0.3, 0.4) is 0 Å². The molecule has 2 N–H and O–H groups in total. The number of likely N-dealkylation sites (N-methyl/N-ethyl adjacent to an activating group) is 1. The van der Waals surface area contributed by atoms with Crippen LogP contribution in [0.1, 0.15) is 90.4 Å². The van der Waals surface area contributed by atoms with Gasteiger partial charge in [0.1, 0.15) is 25.9 Å². The van der Waals surface area contributed by atoms with Crippen molar-refractivity contribution < 1.29 is 32.8 Å². The lowest BCUT2D eigenvalue weighted by Crippen LogP contribution is -2.37. The Morgan fingerprint density at radius 2 is 1.38 bits per heavy atom. The van der Waals surface area contributed by atoms with Crippen molar-refractivity contribution in [1.82, 2.24) is 0 Å². The van der Waals surface area contributed by atoms with Crippen molar-refractivity contribution in [3.8, 4) is 0 Å². The number of rotatable bonds is 23. The second kappa shape index (κ2) is 20.0. The lowest BCUT2D eigenvalue weighted by molar-refractivity contribution is -0.870. The summed E-state index contributed by atoms with van der Waals surface area (Å²) in [5.41, 5.74) is 0. The number of phosphoric acid groups is 1. The number of allylic oxidation sites excluding steroid dienone is 1. The van der Waals surface area contributed by atoms with Gasteiger partial charge >= 0.3 is 7.82 Å². The summed E-state index contributed by atoms with van der Waals surface area (Å²) >= 11 is 0. The molecule has 0 heterocycles. The number of unbranched alkanes of at least 4 members (excludes halogenated alkanes) is 12. The SMILES string of the molecule is CCCCCCCCCCCCCC/C=C\OCC(O)COP(=O)(O)OCC[N+](C)(C)C. The van der Waals surface area contributed by atoms with Gasteiger partial charge < -0.3 is 19.2 Å².